The van der Waals surface area contributed by atoms with Crippen molar-refractivity contribution in [1.29, 1.82) is 0 Å². The second-order valence-corrected chi connectivity index (χ2v) is 6.54. The van der Waals surface area contributed by atoms with Crippen LogP contribution in [0.1, 0.15) is 5.82 Å². The SMILES string of the molecule is COc1cccc(-n2ccnc2SCc2noc(-c3ccc(F)cc3)n2)c1. The number of ether oxygens (including phenoxy) is 1. The first-order valence-corrected chi connectivity index (χ1v) is 9.10. The molecule has 0 radical (unpaired) electrons. The minimum atomic E-state index is -0.307. The van der Waals surface area contributed by atoms with Crippen molar-refractivity contribution < 1.29 is 13.7 Å². The Bertz CT molecular complexity index is 1050. The number of halogens is 1. The lowest BCUT2D eigenvalue weighted by Crippen LogP contribution is -1.96. The number of nitrogens with zero attached hydrogens (tertiary/aromatic N) is 4. The van der Waals surface area contributed by atoms with Crippen molar-refractivity contribution in [1.82, 2.24) is 19.7 Å². The van der Waals surface area contributed by atoms with Crippen molar-refractivity contribution in [2.24, 2.45) is 0 Å². The van der Waals surface area contributed by atoms with Gasteiger partial charge in [-0.15, -0.1) is 0 Å². The topological polar surface area (TPSA) is 66.0 Å². The van der Waals surface area contributed by atoms with Gasteiger partial charge in [0.15, 0.2) is 11.0 Å². The molecule has 2 aromatic heterocycles. The number of methoxy groups -OCH3 is 1. The molecule has 0 spiro atoms. The lowest BCUT2D eigenvalue weighted by Gasteiger charge is -2.08. The largest absolute Gasteiger partial charge is 0.497 e. The van der Waals surface area contributed by atoms with Gasteiger partial charge in [-0.1, -0.05) is 23.0 Å². The second kappa shape index (κ2) is 7.63. The van der Waals surface area contributed by atoms with E-state index >= 15 is 0 Å². The van der Waals surface area contributed by atoms with E-state index in [1.165, 1.54) is 23.9 Å². The van der Waals surface area contributed by atoms with Crippen molar-refractivity contribution >= 4 is 11.8 Å². The highest BCUT2D eigenvalue weighted by molar-refractivity contribution is 7.98. The average molecular weight is 382 g/mol. The van der Waals surface area contributed by atoms with Crippen LogP contribution in [0, 0.1) is 5.82 Å². The zero-order chi connectivity index (χ0) is 18.6. The van der Waals surface area contributed by atoms with Crippen LogP contribution in [-0.4, -0.2) is 26.8 Å². The van der Waals surface area contributed by atoms with Gasteiger partial charge in [-0.2, -0.15) is 4.98 Å². The molecular formula is C19H15FN4O2S. The van der Waals surface area contributed by atoms with E-state index in [0.717, 1.165) is 16.6 Å². The third-order valence-electron chi connectivity index (χ3n) is 3.83. The van der Waals surface area contributed by atoms with Gasteiger partial charge in [0.05, 0.1) is 18.6 Å². The third-order valence-corrected chi connectivity index (χ3v) is 4.79. The molecule has 6 nitrogen and oxygen atoms in total. The first-order valence-electron chi connectivity index (χ1n) is 8.12. The van der Waals surface area contributed by atoms with Crippen LogP contribution in [0.3, 0.4) is 0 Å². The van der Waals surface area contributed by atoms with E-state index in [1.807, 2.05) is 35.0 Å². The molecule has 0 atom stereocenters. The van der Waals surface area contributed by atoms with Gasteiger partial charge in [-0.25, -0.2) is 9.37 Å². The van der Waals surface area contributed by atoms with Crippen LogP contribution in [-0.2, 0) is 5.75 Å². The van der Waals surface area contributed by atoms with E-state index < -0.39 is 0 Å². The van der Waals surface area contributed by atoms with E-state index in [2.05, 4.69) is 15.1 Å². The van der Waals surface area contributed by atoms with Crippen LogP contribution in [0.25, 0.3) is 17.1 Å². The standard InChI is InChI=1S/C19H15FN4O2S/c1-25-16-4-2-3-15(11-16)24-10-9-21-19(24)27-12-17-22-18(26-23-17)13-5-7-14(20)8-6-13/h2-11H,12H2,1H3. The molecule has 4 aromatic rings. The van der Waals surface area contributed by atoms with Crippen molar-refractivity contribution in [2.75, 3.05) is 7.11 Å². The number of aromatic nitrogens is 4. The van der Waals surface area contributed by atoms with Crippen LogP contribution < -0.4 is 4.74 Å². The van der Waals surface area contributed by atoms with Crippen molar-refractivity contribution in [2.45, 2.75) is 10.9 Å². The average Bonchev–Trinajstić information content (AvgIpc) is 3.36. The van der Waals surface area contributed by atoms with Crippen LogP contribution in [0.15, 0.2) is 70.6 Å². The molecule has 2 heterocycles. The van der Waals surface area contributed by atoms with E-state index in [1.54, 1.807) is 25.4 Å². The fourth-order valence-corrected chi connectivity index (χ4v) is 3.32. The van der Waals surface area contributed by atoms with Gasteiger partial charge >= 0.3 is 0 Å². The molecule has 0 amide bonds. The molecule has 0 N–H and O–H groups in total. The molecular weight excluding hydrogens is 367 g/mol. The predicted octanol–water partition coefficient (Wildman–Crippen LogP) is 4.36. The zero-order valence-corrected chi connectivity index (χ0v) is 15.2. The van der Waals surface area contributed by atoms with Gasteiger partial charge in [0.25, 0.3) is 5.89 Å². The fraction of sp³-hybridized carbons (Fsp3) is 0.105. The van der Waals surface area contributed by atoms with Crippen molar-refractivity contribution in [3.63, 3.8) is 0 Å². The number of imidazole rings is 1. The molecule has 0 aliphatic rings. The molecule has 27 heavy (non-hydrogen) atoms. The minimum absolute atomic E-state index is 0.307. The van der Waals surface area contributed by atoms with Gasteiger partial charge < -0.3 is 9.26 Å². The fourth-order valence-electron chi connectivity index (χ4n) is 2.50. The highest BCUT2D eigenvalue weighted by Crippen LogP contribution is 2.26. The molecule has 0 saturated heterocycles. The molecule has 4 rings (SSSR count). The molecule has 136 valence electrons. The lowest BCUT2D eigenvalue weighted by molar-refractivity contribution is 0.414. The Kier molecular flexibility index (Phi) is 4.88. The predicted molar refractivity (Wildman–Crippen MR) is 99.4 cm³/mol. The maximum Gasteiger partial charge on any atom is 0.257 e. The Balaban J connectivity index is 1.49. The molecule has 0 aliphatic carbocycles. The highest BCUT2D eigenvalue weighted by Gasteiger charge is 2.12. The van der Waals surface area contributed by atoms with Gasteiger partial charge in [0.1, 0.15) is 11.6 Å². The Morgan fingerprint density at radius 2 is 2.04 bits per heavy atom. The van der Waals surface area contributed by atoms with E-state index in [9.17, 15) is 4.39 Å². The Labute approximate surface area is 159 Å². The molecule has 2 aromatic carbocycles. The Hall–Kier alpha value is -3.13. The number of hydrogen-bond acceptors (Lipinski definition) is 6. The summed E-state index contributed by atoms with van der Waals surface area (Å²) >= 11 is 1.49. The number of rotatable bonds is 6. The molecule has 0 fully saturated rings. The Morgan fingerprint density at radius 1 is 1.19 bits per heavy atom. The first kappa shape index (κ1) is 17.3. The van der Waals surface area contributed by atoms with Crippen molar-refractivity contribution in [3.8, 4) is 22.9 Å². The molecule has 0 aliphatic heterocycles. The third kappa shape index (κ3) is 3.85. The molecule has 0 bridgehead atoms. The van der Waals surface area contributed by atoms with E-state index in [0.29, 0.717) is 23.0 Å². The normalized spacial score (nSPS) is 10.9. The van der Waals surface area contributed by atoms with Gasteiger partial charge in [-0.05, 0) is 36.4 Å². The first-order chi connectivity index (χ1) is 13.2. The zero-order valence-electron chi connectivity index (χ0n) is 14.4. The van der Waals surface area contributed by atoms with Gasteiger partial charge in [0.2, 0.25) is 0 Å². The summed E-state index contributed by atoms with van der Waals surface area (Å²) in [5, 5.41) is 4.79. The summed E-state index contributed by atoms with van der Waals surface area (Å²) in [7, 11) is 1.64. The summed E-state index contributed by atoms with van der Waals surface area (Å²) in [6.07, 6.45) is 3.62. The van der Waals surface area contributed by atoms with Crippen LogP contribution in [0.4, 0.5) is 4.39 Å². The smallest absolute Gasteiger partial charge is 0.257 e. The summed E-state index contributed by atoms with van der Waals surface area (Å²) in [5.74, 6) is 1.87. The maximum absolute atomic E-state index is 13.0. The minimum Gasteiger partial charge on any atom is -0.497 e. The summed E-state index contributed by atoms with van der Waals surface area (Å²) in [4.78, 5) is 8.76. The summed E-state index contributed by atoms with van der Waals surface area (Å²) in [6.45, 7) is 0. The van der Waals surface area contributed by atoms with Crippen LogP contribution in [0.2, 0.25) is 0 Å². The molecule has 0 saturated carbocycles. The van der Waals surface area contributed by atoms with Gasteiger partial charge in [-0.3, -0.25) is 4.57 Å². The monoisotopic (exact) mass is 382 g/mol. The quantitative estimate of drug-likeness (QED) is 0.462. The van der Waals surface area contributed by atoms with Gasteiger partial charge in [0, 0.05) is 24.0 Å². The molecule has 8 heteroatoms. The van der Waals surface area contributed by atoms with Crippen LogP contribution in [0.5, 0.6) is 5.75 Å². The summed E-state index contributed by atoms with van der Waals surface area (Å²) in [5.41, 5.74) is 1.63. The Morgan fingerprint density at radius 3 is 2.85 bits per heavy atom. The van der Waals surface area contributed by atoms with Crippen molar-refractivity contribution in [3.05, 3.63) is 72.6 Å². The number of thioether (sulfide) groups is 1. The van der Waals surface area contributed by atoms with Crippen LogP contribution >= 0.6 is 11.8 Å². The maximum atomic E-state index is 13.0. The highest BCUT2D eigenvalue weighted by atomic mass is 32.2. The van der Waals surface area contributed by atoms with E-state index in [4.69, 9.17) is 9.26 Å². The summed E-state index contributed by atoms with van der Waals surface area (Å²) in [6, 6.07) is 13.7. The van der Waals surface area contributed by atoms with E-state index in [-0.39, 0.29) is 5.82 Å². The number of benzene rings is 2. The lowest BCUT2D eigenvalue weighted by atomic mass is 10.2. The number of hydrogen-bond donors (Lipinski definition) is 0. The summed E-state index contributed by atoms with van der Waals surface area (Å²) < 4.78 is 25.5. The second-order valence-electron chi connectivity index (χ2n) is 5.59. The molecule has 0 unspecified atom stereocenters.